The summed E-state index contributed by atoms with van der Waals surface area (Å²) in [6.07, 6.45) is 6.24. The third-order valence-corrected chi connectivity index (χ3v) is 4.54. The zero-order valence-electron chi connectivity index (χ0n) is 11.3. The van der Waals surface area contributed by atoms with Crippen LogP contribution in [-0.4, -0.2) is 35.2 Å². The lowest BCUT2D eigenvalue weighted by Gasteiger charge is -2.36. The summed E-state index contributed by atoms with van der Waals surface area (Å²) in [5.74, 6) is -0.656. The number of nitrogens with one attached hydrogen (secondary N) is 1. The monoisotopic (exact) mass is 267 g/mol. The number of aliphatic hydroxyl groups excluding tert-OH is 1. The van der Waals surface area contributed by atoms with E-state index in [1.807, 2.05) is 6.08 Å². The van der Waals surface area contributed by atoms with Gasteiger partial charge in [-0.2, -0.15) is 0 Å². The Balaban J connectivity index is 2.21. The quantitative estimate of drug-likeness (QED) is 0.583. The Hall–Kier alpha value is -1.36. The third-order valence-electron chi connectivity index (χ3n) is 4.54. The van der Waals surface area contributed by atoms with E-state index in [-0.39, 0.29) is 11.8 Å². The summed E-state index contributed by atoms with van der Waals surface area (Å²) in [5, 5.41) is 13.3. The van der Waals surface area contributed by atoms with E-state index in [4.69, 9.17) is 4.74 Å². The van der Waals surface area contributed by atoms with Crippen molar-refractivity contribution >= 4 is 12.4 Å². The van der Waals surface area contributed by atoms with Gasteiger partial charge in [-0.25, -0.2) is 0 Å². The normalized spacial score (nSPS) is 39.7. The summed E-state index contributed by atoms with van der Waals surface area (Å²) in [4.78, 5) is 22.5. The summed E-state index contributed by atoms with van der Waals surface area (Å²) in [6, 6.07) is -0.562. The van der Waals surface area contributed by atoms with Crippen molar-refractivity contribution in [3.8, 4) is 0 Å². The van der Waals surface area contributed by atoms with Crippen LogP contribution < -0.4 is 5.32 Å². The minimum Gasteiger partial charge on any atom is -0.458 e. The molecule has 106 valence electrons. The summed E-state index contributed by atoms with van der Waals surface area (Å²) in [6.45, 7) is 3.76. The van der Waals surface area contributed by atoms with Gasteiger partial charge in [0, 0.05) is 5.92 Å². The first-order valence-corrected chi connectivity index (χ1v) is 6.77. The summed E-state index contributed by atoms with van der Waals surface area (Å²) >= 11 is 0. The predicted octanol–water partition coefficient (Wildman–Crippen LogP) is 0.770. The number of hydrogen-bond donors (Lipinski definition) is 2. The lowest BCUT2D eigenvalue weighted by molar-refractivity contribution is -0.151. The van der Waals surface area contributed by atoms with Crippen molar-refractivity contribution in [1.29, 1.82) is 0 Å². The van der Waals surface area contributed by atoms with Gasteiger partial charge >= 0.3 is 0 Å². The lowest BCUT2D eigenvalue weighted by atomic mass is 9.79. The van der Waals surface area contributed by atoms with E-state index in [1.54, 1.807) is 13.8 Å². The minimum absolute atomic E-state index is 0.000993. The van der Waals surface area contributed by atoms with Crippen molar-refractivity contribution in [2.24, 2.45) is 11.8 Å². The molecule has 1 fully saturated rings. The van der Waals surface area contributed by atoms with Gasteiger partial charge in [-0.15, -0.1) is 0 Å². The highest BCUT2D eigenvalue weighted by atomic mass is 16.5. The molecule has 0 aromatic heterocycles. The molecule has 5 nitrogen and oxygen atoms in total. The van der Waals surface area contributed by atoms with Gasteiger partial charge in [-0.3, -0.25) is 9.59 Å². The number of hydrogen-bond acceptors (Lipinski definition) is 4. The fourth-order valence-electron chi connectivity index (χ4n) is 3.03. The average molecular weight is 267 g/mol. The van der Waals surface area contributed by atoms with E-state index in [1.165, 1.54) is 0 Å². The molecule has 0 saturated carbocycles. The molecule has 19 heavy (non-hydrogen) atoms. The van der Waals surface area contributed by atoms with Gasteiger partial charge in [-0.1, -0.05) is 12.2 Å². The Labute approximate surface area is 113 Å². The van der Waals surface area contributed by atoms with E-state index in [2.05, 4.69) is 11.4 Å². The maximum atomic E-state index is 11.8. The van der Waals surface area contributed by atoms with E-state index < -0.39 is 23.7 Å². The first-order chi connectivity index (χ1) is 9.00. The maximum absolute atomic E-state index is 11.8. The summed E-state index contributed by atoms with van der Waals surface area (Å²) < 4.78 is 5.15. The van der Waals surface area contributed by atoms with Crippen LogP contribution in [0.3, 0.4) is 0 Å². The topological polar surface area (TPSA) is 75.6 Å². The van der Waals surface area contributed by atoms with Crippen molar-refractivity contribution < 1.29 is 19.4 Å². The standard InChI is InChI=1S/C14H21NO4/c1-9-13(18)15-12(14(9,2)19-8-16)11(17)10-6-4-3-5-7-10/h4,6,8-12,17H,3,5,7H2,1-2H3,(H,15,18)/t9-,10+,11-,12+,14-/m0/s1. The number of carbonyl (C=O) groups excluding carboxylic acids is 2. The van der Waals surface area contributed by atoms with Crippen LogP contribution in [-0.2, 0) is 14.3 Å². The second-order valence-electron chi connectivity index (χ2n) is 5.62. The molecule has 1 saturated heterocycles. The largest absolute Gasteiger partial charge is 0.458 e. The van der Waals surface area contributed by atoms with Crippen LogP contribution >= 0.6 is 0 Å². The number of ether oxygens (including phenoxy) is 1. The minimum atomic E-state index is -0.996. The molecule has 5 heteroatoms. The van der Waals surface area contributed by atoms with E-state index in [0.717, 1.165) is 19.3 Å². The number of carbonyl (C=O) groups is 2. The maximum Gasteiger partial charge on any atom is 0.293 e. The Morgan fingerprint density at radius 2 is 2.37 bits per heavy atom. The molecular formula is C14H21NO4. The molecule has 0 aromatic carbocycles. The van der Waals surface area contributed by atoms with Crippen molar-refractivity contribution in [3.63, 3.8) is 0 Å². The summed E-state index contributed by atoms with van der Waals surface area (Å²) in [7, 11) is 0. The van der Waals surface area contributed by atoms with Crippen molar-refractivity contribution in [3.05, 3.63) is 12.2 Å². The fourth-order valence-corrected chi connectivity index (χ4v) is 3.03. The number of aliphatic hydroxyl groups is 1. The van der Waals surface area contributed by atoms with E-state index in [9.17, 15) is 14.7 Å². The third kappa shape index (κ3) is 2.39. The molecule has 1 aliphatic heterocycles. The molecule has 0 aromatic rings. The number of rotatable bonds is 4. The summed E-state index contributed by atoms with van der Waals surface area (Å²) in [5.41, 5.74) is -0.996. The van der Waals surface area contributed by atoms with Gasteiger partial charge < -0.3 is 15.2 Å². The van der Waals surface area contributed by atoms with Crippen LogP contribution in [0.1, 0.15) is 33.1 Å². The highest BCUT2D eigenvalue weighted by molar-refractivity contribution is 5.83. The molecule has 1 heterocycles. The van der Waals surface area contributed by atoms with Crippen molar-refractivity contribution in [2.75, 3.05) is 0 Å². The molecule has 0 radical (unpaired) electrons. The number of allylic oxidation sites excluding steroid dienone is 1. The molecule has 5 atom stereocenters. The zero-order valence-corrected chi connectivity index (χ0v) is 11.3. The predicted molar refractivity (Wildman–Crippen MR) is 69.1 cm³/mol. The Morgan fingerprint density at radius 3 is 2.95 bits per heavy atom. The molecule has 2 N–H and O–H groups in total. The molecule has 0 spiro atoms. The fraction of sp³-hybridized carbons (Fsp3) is 0.714. The smallest absolute Gasteiger partial charge is 0.293 e. The first kappa shape index (κ1) is 14.1. The Morgan fingerprint density at radius 1 is 1.63 bits per heavy atom. The molecule has 0 unspecified atom stereocenters. The SMILES string of the molecule is C[C@H]1C(=O)N[C@H]([C@@H](O)[C@@H]2C=CCCC2)[C@@]1(C)OC=O. The van der Waals surface area contributed by atoms with Crippen LogP contribution in [0, 0.1) is 11.8 Å². The number of amides is 1. The van der Waals surface area contributed by atoms with Gasteiger partial charge in [-0.05, 0) is 33.1 Å². The highest BCUT2D eigenvalue weighted by Gasteiger charge is 2.55. The van der Waals surface area contributed by atoms with Gasteiger partial charge in [0.15, 0.2) is 0 Å². The van der Waals surface area contributed by atoms with Crippen molar-refractivity contribution in [1.82, 2.24) is 5.32 Å². The lowest BCUT2D eigenvalue weighted by Crippen LogP contribution is -2.54. The van der Waals surface area contributed by atoms with E-state index >= 15 is 0 Å². The second kappa shape index (κ2) is 5.33. The van der Waals surface area contributed by atoms with E-state index in [0.29, 0.717) is 6.47 Å². The van der Waals surface area contributed by atoms with Gasteiger partial charge in [0.2, 0.25) is 5.91 Å². The van der Waals surface area contributed by atoms with Crippen LogP contribution in [0.2, 0.25) is 0 Å². The zero-order chi connectivity index (χ0) is 14.0. The van der Waals surface area contributed by atoms with Gasteiger partial charge in [0.1, 0.15) is 5.60 Å². The average Bonchev–Trinajstić information content (AvgIpc) is 2.64. The molecule has 1 amide bonds. The van der Waals surface area contributed by atoms with Crippen LogP contribution in [0.15, 0.2) is 12.2 Å². The molecule has 0 bridgehead atoms. The molecule has 2 aliphatic rings. The second-order valence-corrected chi connectivity index (χ2v) is 5.62. The first-order valence-electron chi connectivity index (χ1n) is 6.77. The van der Waals surface area contributed by atoms with Crippen LogP contribution in [0.25, 0.3) is 0 Å². The molecular weight excluding hydrogens is 246 g/mol. The highest BCUT2D eigenvalue weighted by Crippen LogP contribution is 2.36. The Bertz CT molecular complexity index is 395. The van der Waals surface area contributed by atoms with Gasteiger partial charge in [0.25, 0.3) is 6.47 Å². The molecule has 1 aliphatic carbocycles. The van der Waals surface area contributed by atoms with Crippen LogP contribution in [0.4, 0.5) is 0 Å². The van der Waals surface area contributed by atoms with Crippen LogP contribution in [0.5, 0.6) is 0 Å². The molecule has 2 rings (SSSR count). The Kier molecular flexibility index (Phi) is 3.94. The van der Waals surface area contributed by atoms with Gasteiger partial charge in [0.05, 0.1) is 18.1 Å². The van der Waals surface area contributed by atoms with Crippen molar-refractivity contribution in [2.45, 2.75) is 50.9 Å².